The average molecular weight is 546 g/mol. The third kappa shape index (κ3) is 4.97. The maximum atomic E-state index is 13.0. The molecule has 1 aromatic heterocycles. The zero-order valence-electron chi connectivity index (χ0n) is 20.5. The number of fused-ring (bicyclic) bond motifs is 1. The van der Waals surface area contributed by atoms with Gasteiger partial charge in [0.25, 0.3) is 5.91 Å². The summed E-state index contributed by atoms with van der Waals surface area (Å²) in [6, 6.07) is 10.6. The molecule has 0 atom stereocenters. The first-order valence-electron chi connectivity index (χ1n) is 12.1. The molecule has 0 unspecified atom stereocenters. The monoisotopic (exact) mass is 545 g/mol. The predicted molar refractivity (Wildman–Crippen MR) is 141 cm³/mol. The molecule has 2 aromatic carbocycles. The Balaban J connectivity index is 1.59. The Labute approximate surface area is 219 Å². The van der Waals surface area contributed by atoms with E-state index < -0.39 is 16.1 Å². The molecular weight excluding hydrogens is 518 g/mol. The Hall–Kier alpha value is -3.31. The van der Waals surface area contributed by atoms with E-state index in [2.05, 4.69) is 5.32 Å². The van der Waals surface area contributed by atoms with Gasteiger partial charge in [-0.25, -0.2) is 17.9 Å². The van der Waals surface area contributed by atoms with Crippen LogP contribution < -0.4 is 9.62 Å². The molecule has 2 aliphatic rings. The van der Waals surface area contributed by atoms with E-state index in [1.54, 1.807) is 42.1 Å². The number of nitrogens with one attached hydrogen (secondary N) is 1. The minimum atomic E-state index is -3.63. The van der Waals surface area contributed by atoms with Gasteiger partial charge in [-0.15, -0.1) is 0 Å². The second-order valence-corrected chi connectivity index (χ2v) is 12.0. The van der Waals surface area contributed by atoms with Crippen molar-refractivity contribution >= 4 is 50.2 Å². The number of hydrogen-bond donors (Lipinski definition) is 2. The zero-order valence-corrected chi connectivity index (χ0v) is 22.1. The number of aromatic nitrogens is 2. The molecular formula is C25H28ClN5O5S. The quantitative estimate of drug-likeness (QED) is 0.445. The average Bonchev–Trinajstić information content (AvgIpc) is 3.59. The highest BCUT2D eigenvalue weighted by Gasteiger charge is 2.35. The predicted octanol–water partition coefficient (Wildman–Crippen LogP) is 3.68. The zero-order chi connectivity index (χ0) is 26.5. The van der Waals surface area contributed by atoms with E-state index in [1.165, 1.54) is 15.5 Å². The minimum Gasteiger partial charge on any atom is -0.465 e. The van der Waals surface area contributed by atoms with Crippen LogP contribution >= 0.6 is 11.6 Å². The van der Waals surface area contributed by atoms with Crippen molar-refractivity contribution in [2.24, 2.45) is 5.92 Å². The number of rotatable bonds is 8. The summed E-state index contributed by atoms with van der Waals surface area (Å²) >= 11 is 6.06. The lowest BCUT2D eigenvalue weighted by Crippen LogP contribution is -2.50. The van der Waals surface area contributed by atoms with Crippen LogP contribution in [-0.4, -0.2) is 73.1 Å². The fourth-order valence-electron chi connectivity index (χ4n) is 4.85. The summed E-state index contributed by atoms with van der Waals surface area (Å²) in [7, 11) is -2.07. The highest BCUT2D eigenvalue weighted by atomic mass is 35.5. The molecule has 1 aliphatic carbocycles. The van der Waals surface area contributed by atoms with Crippen LogP contribution in [0, 0.1) is 5.92 Å². The van der Waals surface area contributed by atoms with E-state index in [0.717, 1.165) is 18.4 Å². The van der Waals surface area contributed by atoms with Crippen molar-refractivity contribution in [3.63, 3.8) is 0 Å². The van der Waals surface area contributed by atoms with E-state index in [-0.39, 0.29) is 24.3 Å². The van der Waals surface area contributed by atoms with Gasteiger partial charge >= 0.3 is 6.09 Å². The van der Waals surface area contributed by atoms with Crippen molar-refractivity contribution in [2.45, 2.75) is 25.2 Å². The number of carbonyl (C=O) groups is 2. The van der Waals surface area contributed by atoms with Crippen LogP contribution in [0.2, 0.25) is 5.02 Å². The third-order valence-electron chi connectivity index (χ3n) is 6.99. The number of hydrogen-bond acceptors (Lipinski definition) is 5. The van der Waals surface area contributed by atoms with Crippen molar-refractivity contribution in [3.05, 3.63) is 52.7 Å². The van der Waals surface area contributed by atoms with Crippen LogP contribution in [0.4, 0.5) is 10.5 Å². The molecule has 2 fully saturated rings. The van der Waals surface area contributed by atoms with E-state index in [0.29, 0.717) is 52.5 Å². The van der Waals surface area contributed by atoms with Gasteiger partial charge in [0.15, 0.2) is 0 Å². The Morgan fingerprint density at radius 2 is 1.86 bits per heavy atom. The Morgan fingerprint density at radius 1 is 1.19 bits per heavy atom. The summed E-state index contributed by atoms with van der Waals surface area (Å²) in [5, 5.41) is 17.7. The SMILES string of the molecule is CNC(=O)c1c2cc(C3CC3)c(N(CCC3CN(C(=O)O)C3)S(C)(=O)=O)cc2nn1-c1ccc(Cl)cc1. The van der Waals surface area contributed by atoms with Gasteiger partial charge in [0.05, 0.1) is 23.1 Å². The number of anilines is 1. The van der Waals surface area contributed by atoms with Gasteiger partial charge in [0, 0.05) is 37.1 Å². The topological polar surface area (TPSA) is 125 Å². The lowest BCUT2D eigenvalue weighted by molar-refractivity contribution is 0.0794. The van der Waals surface area contributed by atoms with Crippen molar-refractivity contribution in [3.8, 4) is 5.69 Å². The summed E-state index contributed by atoms with van der Waals surface area (Å²) in [5.74, 6) is 0.00332. The summed E-state index contributed by atoms with van der Waals surface area (Å²) < 4.78 is 28.9. The number of likely N-dealkylation sites (tertiary alicyclic amines) is 1. The van der Waals surface area contributed by atoms with Crippen LogP contribution in [0.25, 0.3) is 16.6 Å². The molecule has 12 heteroatoms. The number of nitrogens with zero attached hydrogens (tertiary/aromatic N) is 4. The molecule has 3 aromatic rings. The van der Waals surface area contributed by atoms with Crippen LogP contribution in [0.3, 0.4) is 0 Å². The fourth-order valence-corrected chi connectivity index (χ4v) is 5.93. The van der Waals surface area contributed by atoms with E-state index >= 15 is 0 Å². The van der Waals surface area contributed by atoms with Gasteiger partial charge in [0.2, 0.25) is 10.0 Å². The second-order valence-electron chi connectivity index (χ2n) is 9.70. The number of benzene rings is 2. The third-order valence-corrected chi connectivity index (χ3v) is 8.42. The van der Waals surface area contributed by atoms with Crippen LogP contribution in [0.1, 0.15) is 41.2 Å². The maximum absolute atomic E-state index is 13.0. The van der Waals surface area contributed by atoms with E-state index in [4.69, 9.17) is 21.8 Å². The largest absolute Gasteiger partial charge is 0.465 e. The molecule has 0 bridgehead atoms. The lowest BCUT2D eigenvalue weighted by atomic mass is 9.96. The molecule has 1 saturated carbocycles. The van der Waals surface area contributed by atoms with Crippen LogP contribution in [-0.2, 0) is 10.0 Å². The number of carbonyl (C=O) groups excluding carboxylic acids is 1. The Morgan fingerprint density at radius 3 is 2.43 bits per heavy atom. The van der Waals surface area contributed by atoms with Gasteiger partial charge in [-0.05, 0) is 73.1 Å². The van der Waals surface area contributed by atoms with E-state index in [9.17, 15) is 18.0 Å². The summed E-state index contributed by atoms with van der Waals surface area (Å²) in [6.45, 7) is 1.05. The Bertz CT molecular complexity index is 1480. The normalized spacial score (nSPS) is 16.0. The minimum absolute atomic E-state index is 0.109. The smallest absolute Gasteiger partial charge is 0.407 e. The summed E-state index contributed by atoms with van der Waals surface area (Å²) in [6.07, 6.45) is 2.64. The maximum Gasteiger partial charge on any atom is 0.407 e. The Kier molecular flexibility index (Phi) is 6.53. The molecule has 2 N–H and O–H groups in total. The molecule has 0 radical (unpaired) electrons. The van der Waals surface area contributed by atoms with Crippen molar-refractivity contribution in [1.82, 2.24) is 20.0 Å². The molecule has 2 amide bonds. The summed E-state index contributed by atoms with van der Waals surface area (Å²) in [5.41, 5.74) is 2.96. The van der Waals surface area contributed by atoms with Crippen LogP contribution in [0.15, 0.2) is 36.4 Å². The standard InChI is InChI=1S/C25H28ClN5O5S/c1-27-24(32)23-20-11-19(16-3-4-16)22(12-21(20)28-31(23)18-7-5-17(26)6-8-18)30(37(2,35)36)10-9-15-13-29(14-15)25(33)34/h5-8,11-12,15-16H,3-4,9-10,13-14H2,1-2H3,(H,27,32)(H,33,34). The second kappa shape index (κ2) is 9.53. The number of amides is 2. The lowest BCUT2D eigenvalue weighted by Gasteiger charge is -2.38. The highest BCUT2D eigenvalue weighted by Crippen LogP contribution is 2.47. The summed E-state index contributed by atoms with van der Waals surface area (Å²) in [4.78, 5) is 25.4. The number of sulfonamides is 1. The first kappa shape index (κ1) is 25.3. The molecule has 5 rings (SSSR count). The van der Waals surface area contributed by atoms with Gasteiger partial charge in [-0.1, -0.05) is 11.6 Å². The first-order valence-corrected chi connectivity index (χ1v) is 14.3. The van der Waals surface area contributed by atoms with Crippen LogP contribution in [0.5, 0.6) is 0 Å². The highest BCUT2D eigenvalue weighted by molar-refractivity contribution is 7.92. The molecule has 2 heterocycles. The van der Waals surface area contributed by atoms with Gasteiger partial charge in [0.1, 0.15) is 5.69 Å². The number of carboxylic acid groups (broad SMARTS) is 1. The fraction of sp³-hybridized carbons (Fsp3) is 0.400. The molecule has 1 saturated heterocycles. The molecule has 37 heavy (non-hydrogen) atoms. The molecule has 10 nitrogen and oxygen atoms in total. The first-order chi connectivity index (χ1) is 17.6. The van der Waals surface area contributed by atoms with Crippen molar-refractivity contribution in [2.75, 3.05) is 37.2 Å². The van der Waals surface area contributed by atoms with Crippen molar-refractivity contribution in [1.29, 1.82) is 0 Å². The molecule has 0 spiro atoms. The van der Waals surface area contributed by atoms with Crippen molar-refractivity contribution < 1.29 is 23.1 Å². The van der Waals surface area contributed by atoms with Gasteiger partial charge in [-0.3, -0.25) is 9.10 Å². The van der Waals surface area contributed by atoms with E-state index in [1.807, 2.05) is 6.07 Å². The van der Waals surface area contributed by atoms with Gasteiger partial charge < -0.3 is 15.3 Å². The molecule has 196 valence electrons. The number of halogens is 1. The molecule has 1 aliphatic heterocycles. The van der Waals surface area contributed by atoms with Gasteiger partial charge in [-0.2, -0.15) is 5.10 Å².